The molecule has 0 atom stereocenters. The third kappa shape index (κ3) is 6.32. The van der Waals surface area contributed by atoms with Crippen molar-refractivity contribution < 1.29 is 4.43 Å². The van der Waals surface area contributed by atoms with Crippen LogP contribution in [0.1, 0.15) is 19.8 Å². The highest BCUT2D eigenvalue weighted by molar-refractivity contribution is 6.71. The van der Waals surface area contributed by atoms with Crippen LogP contribution >= 0.6 is 0 Å². The Hall–Kier alpha value is -0.0831. The number of allylic oxidation sites excluding steroid dienone is 2. The molecule has 0 unspecified atom stereocenters. The lowest BCUT2D eigenvalue weighted by molar-refractivity contribution is 0.407. The lowest BCUT2D eigenvalue weighted by Gasteiger charge is -2.16. The van der Waals surface area contributed by atoms with E-state index in [4.69, 9.17) is 4.43 Å². The van der Waals surface area contributed by atoms with Gasteiger partial charge >= 0.3 is 0 Å². The van der Waals surface area contributed by atoms with E-state index >= 15 is 0 Å². The standard InChI is InChI=1S/C9H20OSi/c1-5-6-7-8-9-11(3,4)10-2/h7-8H,5-6,9H2,1-4H3. The van der Waals surface area contributed by atoms with E-state index in [1.54, 1.807) is 0 Å². The largest absolute Gasteiger partial charge is 0.420 e. The quantitative estimate of drug-likeness (QED) is 0.457. The summed E-state index contributed by atoms with van der Waals surface area (Å²) in [6, 6.07) is 1.14. The number of hydrogen-bond donors (Lipinski definition) is 0. The van der Waals surface area contributed by atoms with Crippen molar-refractivity contribution in [2.75, 3.05) is 7.11 Å². The molecular weight excluding hydrogens is 152 g/mol. The Kier molecular flexibility index (Phi) is 5.51. The van der Waals surface area contributed by atoms with E-state index in [-0.39, 0.29) is 0 Å². The maximum atomic E-state index is 5.41. The molecule has 0 aliphatic carbocycles. The second-order valence-electron chi connectivity index (χ2n) is 3.43. The van der Waals surface area contributed by atoms with E-state index in [0.29, 0.717) is 0 Å². The SMILES string of the molecule is CCCC=CC[Si](C)(C)OC. The summed E-state index contributed by atoms with van der Waals surface area (Å²) in [4.78, 5) is 0. The molecule has 0 heterocycles. The van der Waals surface area contributed by atoms with Gasteiger partial charge in [0.25, 0.3) is 0 Å². The van der Waals surface area contributed by atoms with Gasteiger partial charge in [-0.1, -0.05) is 25.5 Å². The van der Waals surface area contributed by atoms with Crippen LogP contribution < -0.4 is 0 Å². The van der Waals surface area contributed by atoms with Gasteiger partial charge in [-0.05, 0) is 25.6 Å². The first-order valence-electron chi connectivity index (χ1n) is 4.32. The smallest absolute Gasteiger partial charge is 0.189 e. The van der Waals surface area contributed by atoms with Crippen molar-refractivity contribution in [3.8, 4) is 0 Å². The maximum Gasteiger partial charge on any atom is 0.189 e. The zero-order valence-corrected chi connectivity index (χ0v) is 9.18. The van der Waals surface area contributed by atoms with Crippen LogP contribution in [0.15, 0.2) is 12.2 Å². The minimum Gasteiger partial charge on any atom is -0.420 e. The van der Waals surface area contributed by atoms with Gasteiger partial charge in [0, 0.05) is 7.11 Å². The summed E-state index contributed by atoms with van der Waals surface area (Å²) >= 11 is 0. The van der Waals surface area contributed by atoms with Gasteiger partial charge < -0.3 is 4.43 Å². The van der Waals surface area contributed by atoms with Crippen molar-refractivity contribution in [2.45, 2.75) is 38.9 Å². The van der Waals surface area contributed by atoms with Gasteiger partial charge in [0.2, 0.25) is 0 Å². The maximum absolute atomic E-state index is 5.41. The summed E-state index contributed by atoms with van der Waals surface area (Å²) in [5.74, 6) is 0. The van der Waals surface area contributed by atoms with Gasteiger partial charge in [-0.2, -0.15) is 0 Å². The Bertz CT molecular complexity index is 119. The van der Waals surface area contributed by atoms with Crippen LogP contribution in [-0.4, -0.2) is 15.4 Å². The van der Waals surface area contributed by atoms with Crippen molar-refractivity contribution in [3.63, 3.8) is 0 Å². The van der Waals surface area contributed by atoms with Crippen LogP contribution in [0, 0.1) is 0 Å². The van der Waals surface area contributed by atoms with E-state index in [1.807, 2.05) is 7.11 Å². The Balaban J connectivity index is 3.51. The number of hydrogen-bond acceptors (Lipinski definition) is 1. The second-order valence-corrected chi connectivity index (χ2v) is 7.76. The molecule has 0 spiro atoms. The molecule has 0 N–H and O–H groups in total. The molecule has 11 heavy (non-hydrogen) atoms. The first kappa shape index (κ1) is 10.9. The first-order chi connectivity index (χ1) is 5.12. The average Bonchev–Trinajstić information content (AvgIpc) is 1.99. The summed E-state index contributed by atoms with van der Waals surface area (Å²) in [5, 5.41) is 0. The molecule has 0 aliphatic rings. The monoisotopic (exact) mass is 172 g/mol. The topological polar surface area (TPSA) is 9.23 Å². The van der Waals surface area contributed by atoms with Gasteiger partial charge in [-0.15, -0.1) is 0 Å². The Morgan fingerprint density at radius 1 is 1.27 bits per heavy atom. The molecule has 0 aliphatic heterocycles. The molecule has 0 fully saturated rings. The summed E-state index contributed by atoms with van der Waals surface area (Å²) < 4.78 is 5.41. The number of unbranched alkanes of at least 4 members (excludes halogenated alkanes) is 1. The molecule has 0 amide bonds. The van der Waals surface area contributed by atoms with Crippen molar-refractivity contribution >= 4 is 8.32 Å². The summed E-state index contributed by atoms with van der Waals surface area (Å²) in [6.07, 6.45) is 6.96. The molecule has 0 aromatic carbocycles. The Morgan fingerprint density at radius 2 is 1.91 bits per heavy atom. The van der Waals surface area contributed by atoms with Gasteiger partial charge in [0.05, 0.1) is 0 Å². The average molecular weight is 172 g/mol. The predicted octanol–water partition coefficient (Wildman–Crippen LogP) is 3.19. The van der Waals surface area contributed by atoms with Crippen LogP contribution in [0.2, 0.25) is 19.1 Å². The van der Waals surface area contributed by atoms with Crippen molar-refractivity contribution in [1.29, 1.82) is 0 Å². The Labute approximate surface area is 71.6 Å². The van der Waals surface area contributed by atoms with E-state index in [0.717, 1.165) is 6.04 Å². The van der Waals surface area contributed by atoms with Crippen LogP contribution in [0.4, 0.5) is 0 Å². The molecule has 1 nitrogen and oxygen atoms in total. The third-order valence-electron chi connectivity index (χ3n) is 1.78. The zero-order valence-electron chi connectivity index (χ0n) is 8.18. The van der Waals surface area contributed by atoms with E-state index < -0.39 is 8.32 Å². The minimum atomic E-state index is -1.31. The summed E-state index contributed by atoms with van der Waals surface area (Å²) in [6.45, 7) is 6.68. The highest BCUT2D eigenvalue weighted by Crippen LogP contribution is 2.10. The van der Waals surface area contributed by atoms with Gasteiger partial charge in [0.1, 0.15) is 0 Å². The minimum absolute atomic E-state index is 1.14. The van der Waals surface area contributed by atoms with Crippen LogP contribution in [0.5, 0.6) is 0 Å². The van der Waals surface area contributed by atoms with Crippen LogP contribution in [-0.2, 0) is 4.43 Å². The lowest BCUT2D eigenvalue weighted by atomic mass is 10.3. The fraction of sp³-hybridized carbons (Fsp3) is 0.778. The molecule has 0 radical (unpaired) electrons. The number of rotatable bonds is 5. The highest BCUT2D eigenvalue weighted by Gasteiger charge is 2.17. The zero-order chi connectivity index (χ0) is 8.74. The van der Waals surface area contributed by atoms with Crippen molar-refractivity contribution in [3.05, 3.63) is 12.2 Å². The molecule has 2 heteroatoms. The van der Waals surface area contributed by atoms with Gasteiger partial charge in [-0.3, -0.25) is 0 Å². The van der Waals surface area contributed by atoms with Crippen molar-refractivity contribution in [1.82, 2.24) is 0 Å². The van der Waals surface area contributed by atoms with E-state index in [1.165, 1.54) is 12.8 Å². The van der Waals surface area contributed by atoms with Crippen LogP contribution in [0.3, 0.4) is 0 Å². The lowest BCUT2D eigenvalue weighted by Crippen LogP contribution is -2.27. The molecule has 0 bridgehead atoms. The van der Waals surface area contributed by atoms with Crippen molar-refractivity contribution in [2.24, 2.45) is 0 Å². The first-order valence-corrected chi connectivity index (χ1v) is 7.44. The van der Waals surface area contributed by atoms with E-state index in [9.17, 15) is 0 Å². The van der Waals surface area contributed by atoms with Crippen LogP contribution in [0.25, 0.3) is 0 Å². The van der Waals surface area contributed by atoms with Gasteiger partial charge in [-0.25, -0.2) is 0 Å². The second kappa shape index (κ2) is 5.55. The molecule has 0 rings (SSSR count). The molecule has 0 saturated heterocycles. The van der Waals surface area contributed by atoms with Gasteiger partial charge in [0.15, 0.2) is 8.32 Å². The summed E-state index contributed by atoms with van der Waals surface area (Å²) in [5.41, 5.74) is 0. The highest BCUT2D eigenvalue weighted by atomic mass is 28.4. The molecule has 0 saturated carbocycles. The summed E-state index contributed by atoms with van der Waals surface area (Å²) in [7, 11) is 0.505. The molecule has 0 aromatic heterocycles. The predicted molar refractivity (Wildman–Crippen MR) is 53.3 cm³/mol. The Morgan fingerprint density at radius 3 is 2.36 bits per heavy atom. The molecule has 0 aromatic rings. The fourth-order valence-electron chi connectivity index (χ4n) is 0.735. The normalized spacial score (nSPS) is 12.7. The fourth-order valence-corrected chi connectivity index (χ4v) is 1.64. The molecular formula is C9H20OSi. The molecule has 66 valence electrons. The van der Waals surface area contributed by atoms with E-state index in [2.05, 4.69) is 32.2 Å². The third-order valence-corrected chi connectivity index (χ3v) is 4.11.